The van der Waals surface area contributed by atoms with Crippen molar-refractivity contribution in [3.8, 4) is 0 Å². The van der Waals surface area contributed by atoms with Crippen molar-refractivity contribution in [3.05, 3.63) is 34.8 Å². The van der Waals surface area contributed by atoms with Crippen LogP contribution in [-0.2, 0) is 13.0 Å². The summed E-state index contributed by atoms with van der Waals surface area (Å²) in [7, 11) is 0. The van der Waals surface area contributed by atoms with Crippen LogP contribution in [0, 0.1) is 0 Å². The standard InChI is InChI=1S/C9H10BrN5/c10-8-13-9(11)14-15(8)5-3-7-2-1-4-12-6-7/h1-2,4,6H,3,5H2,(H2,11,14). The van der Waals surface area contributed by atoms with Crippen molar-refractivity contribution < 1.29 is 0 Å². The second-order valence-corrected chi connectivity index (χ2v) is 3.78. The molecule has 0 fully saturated rings. The fourth-order valence-electron chi connectivity index (χ4n) is 1.26. The van der Waals surface area contributed by atoms with E-state index in [-0.39, 0.29) is 5.95 Å². The molecular weight excluding hydrogens is 258 g/mol. The highest BCUT2D eigenvalue weighted by atomic mass is 79.9. The van der Waals surface area contributed by atoms with Gasteiger partial charge in [-0.3, -0.25) is 4.98 Å². The van der Waals surface area contributed by atoms with Gasteiger partial charge in [0.05, 0.1) is 0 Å². The highest BCUT2D eigenvalue weighted by Gasteiger charge is 2.03. The highest BCUT2D eigenvalue weighted by Crippen LogP contribution is 2.09. The predicted octanol–water partition coefficient (Wildman–Crippen LogP) is 1.26. The number of aryl methyl sites for hydroxylation is 2. The Labute approximate surface area is 95.5 Å². The van der Waals surface area contributed by atoms with E-state index in [4.69, 9.17) is 5.73 Å². The number of nitrogens with two attached hydrogens (primary N) is 1. The Kier molecular flexibility index (Phi) is 2.96. The maximum Gasteiger partial charge on any atom is 0.240 e. The van der Waals surface area contributed by atoms with Gasteiger partial charge in [-0.05, 0) is 34.0 Å². The van der Waals surface area contributed by atoms with Crippen LogP contribution < -0.4 is 5.73 Å². The van der Waals surface area contributed by atoms with Gasteiger partial charge >= 0.3 is 0 Å². The molecule has 6 heteroatoms. The second-order valence-electron chi connectivity index (χ2n) is 3.07. The number of halogens is 1. The van der Waals surface area contributed by atoms with Gasteiger partial charge in [0.2, 0.25) is 5.95 Å². The molecule has 0 aliphatic carbocycles. The first-order valence-electron chi connectivity index (χ1n) is 4.50. The second kappa shape index (κ2) is 4.39. The molecule has 0 saturated carbocycles. The normalized spacial score (nSPS) is 10.5. The zero-order valence-corrected chi connectivity index (χ0v) is 9.55. The van der Waals surface area contributed by atoms with Crippen LogP contribution in [0.4, 0.5) is 5.95 Å². The lowest BCUT2D eigenvalue weighted by atomic mass is 10.2. The monoisotopic (exact) mass is 267 g/mol. The van der Waals surface area contributed by atoms with E-state index in [1.165, 1.54) is 5.56 Å². The summed E-state index contributed by atoms with van der Waals surface area (Å²) in [5, 5.41) is 4.04. The Hall–Kier alpha value is -1.43. The number of nitrogen functional groups attached to an aromatic ring is 1. The number of aromatic nitrogens is 4. The molecule has 2 aromatic rings. The van der Waals surface area contributed by atoms with E-state index in [1.807, 2.05) is 18.3 Å². The van der Waals surface area contributed by atoms with Gasteiger partial charge in [-0.1, -0.05) is 6.07 Å². The summed E-state index contributed by atoms with van der Waals surface area (Å²) in [6, 6.07) is 3.95. The maximum absolute atomic E-state index is 5.46. The summed E-state index contributed by atoms with van der Waals surface area (Å²) < 4.78 is 2.38. The van der Waals surface area contributed by atoms with Gasteiger partial charge in [0.1, 0.15) is 0 Å². The molecule has 2 aromatic heterocycles. The van der Waals surface area contributed by atoms with Gasteiger partial charge in [-0.2, -0.15) is 4.98 Å². The summed E-state index contributed by atoms with van der Waals surface area (Å²) in [5.74, 6) is 0.285. The molecule has 0 unspecified atom stereocenters. The van der Waals surface area contributed by atoms with E-state index in [1.54, 1.807) is 10.9 Å². The third-order valence-electron chi connectivity index (χ3n) is 1.98. The summed E-state index contributed by atoms with van der Waals surface area (Å²) in [5.41, 5.74) is 6.63. The lowest BCUT2D eigenvalue weighted by molar-refractivity contribution is 0.600. The van der Waals surface area contributed by atoms with Crippen molar-refractivity contribution in [2.24, 2.45) is 0 Å². The summed E-state index contributed by atoms with van der Waals surface area (Å²) >= 11 is 3.28. The first kappa shape index (κ1) is 10.1. The first-order chi connectivity index (χ1) is 7.25. The van der Waals surface area contributed by atoms with Gasteiger partial charge in [0.25, 0.3) is 0 Å². The molecule has 0 bridgehead atoms. The van der Waals surface area contributed by atoms with Crippen molar-refractivity contribution in [2.45, 2.75) is 13.0 Å². The van der Waals surface area contributed by atoms with E-state index < -0.39 is 0 Å². The van der Waals surface area contributed by atoms with Crippen LogP contribution in [0.3, 0.4) is 0 Å². The maximum atomic E-state index is 5.46. The average Bonchev–Trinajstić information content (AvgIpc) is 2.56. The van der Waals surface area contributed by atoms with E-state index in [0.717, 1.165) is 13.0 Å². The number of hydrogen-bond acceptors (Lipinski definition) is 4. The molecular formula is C9H10BrN5. The third kappa shape index (κ3) is 2.53. The van der Waals surface area contributed by atoms with Gasteiger partial charge in [-0.15, -0.1) is 5.10 Å². The number of pyridine rings is 1. The summed E-state index contributed by atoms with van der Waals surface area (Å²) in [4.78, 5) is 8.00. The lowest BCUT2D eigenvalue weighted by Gasteiger charge is -2.01. The molecule has 2 rings (SSSR count). The Morgan fingerprint density at radius 1 is 1.47 bits per heavy atom. The Morgan fingerprint density at radius 3 is 2.93 bits per heavy atom. The smallest absolute Gasteiger partial charge is 0.240 e. The fraction of sp³-hybridized carbons (Fsp3) is 0.222. The minimum atomic E-state index is 0.285. The van der Waals surface area contributed by atoms with E-state index in [2.05, 4.69) is 31.0 Å². The van der Waals surface area contributed by atoms with Gasteiger partial charge in [-0.25, -0.2) is 4.68 Å². The topological polar surface area (TPSA) is 69.6 Å². The van der Waals surface area contributed by atoms with E-state index in [9.17, 15) is 0 Å². The largest absolute Gasteiger partial charge is 0.366 e. The molecule has 0 saturated heterocycles. The van der Waals surface area contributed by atoms with Crippen molar-refractivity contribution in [2.75, 3.05) is 5.73 Å². The fourth-order valence-corrected chi connectivity index (χ4v) is 1.70. The van der Waals surface area contributed by atoms with Crippen LogP contribution in [0.5, 0.6) is 0 Å². The van der Waals surface area contributed by atoms with E-state index >= 15 is 0 Å². The Morgan fingerprint density at radius 2 is 2.33 bits per heavy atom. The molecule has 2 heterocycles. The zero-order valence-electron chi connectivity index (χ0n) is 7.97. The number of nitrogens with zero attached hydrogens (tertiary/aromatic N) is 4. The highest BCUT2D eigenvalue weighted by molar-refractivity contribution is 9.10. The van der Waals surface area contributed by atoms with E-state index in [0.29, 0.717) is 4.73 Å². The van der Waals surface area contributed by atoms with Gasteiger partial charge in [0.15, 0.2) is 4.73 Å². The summed E-state index contributed by atoms with van der Waals surface area (Å²) in [6.45, 7) is 0.733. The van der Waals surface area contributed by atoms with Crippen molar-refractivity contribution >= 4 is 21.9 Å². The predicted molar refractivity (Wildman–Crippen MR) is 60.1 cm³/mol. The molecule has 78 valence electrons. The first-order valence-corrected chi connectivity index (χ1v) is 5.30. The van der Waals surface area contributed by atoms with Crippen LogP contribution >= 0.6 is 15.9 Å². The number of anilines is 1. The Balaban J connectivity index is 2.02. The van der Waals surface area contributed by atoms with Crippen molar-refractivity contribution in [1.82, 2.24) is 19.7 Å². The minimum Gasteiger partial charge on any atom is -0.366 e. The average molecular weight is 268 g/mol. The molecule has 0 aromatic carbocycles. The van der Waals surface area contributed by atoms with Crippen LogP contribution in [0.2, 0.25) is 0 Å². The Bertz CT molecular complexity index is 439. The molecule has 2 N–H and O–H groups in total. The lowest BCUT2D eigenvalue weighted by Crippen LogP contribution is -2.04. The van der Waals surface area contributed by atoms with Crippen molar-refractivity contribution in [3.63, 3.8) is 0 Å². The van der Waals surface area contributed by atoms with Crippen molar-refractivity contribution in [1.29, 1.82) is 0 Å². The van der Waals surface area contributed by atoms with Gasteiger partial charge in [0, 0.05) is 18.9 Å². The van der Waals surface area contributed by atoms with Crippen LogP contribution in [0.1, 0.15) is 5.56 Å². The molecule has 0 aliphatic rings. The minimum absolute atomic E-state index is 0.285. The quantitative estimate of drug-likeness (QED) is 0.909. The molecule has 5 nitrogen and oxygen atoms in total. The molecule has 0 atom stereocenters. The summed E-state index contributed by atoms with van der Waals surface area (Å²) in [6.07, 6.45) is 4.45. The molecule has 15 heavy (non-hydrogen) atoms. The van der Waals surface area contributed by atoms with Crippen LogP contribution in [0.15, 0.2) is 29.3 Å². The molecule has 0 radical (unpaired) electrons. The molecule has 0 spiro atoms. The molecule has 0 amide bonds. The van der Waals surface area contributed by atoms with Crippen LogP contribution in [-0.4, -0.2) is 19.7 Å². The van der Waals surface area contributed by atoms with Crippen LogP contribution in [0.25, 0.3) is 0 Å². The van der Waals surface area contributed by atoms with Gasteiger partial charge < -0.3 is 5.73 Å². The number of hydrogen-bond donors (Lipinski definition) is 1. The third-order valence-corrected chi connectivity index (χ3v) is 2.56. The zero-order chi connectivity index (χ0) is 10.7. The molecule has 0 aliphatic heterocycles. The number of rotatable bonds is 3. The SMILES string of the molecule is Nc1nc(Br)n(CCc2cccnc2)n1.